The summed E-state index contributed by atoms with van der Waals surface area (Å²) in [7, 11) is 0. The largest absolute Gasteiger partial charge is 0.449 e. The van der Waals surface area contributed by atoms with Crippen LogP contribution in [-0.2, 0) is 9.53 Å². The smallest absolute Gasteiger partial charge is 0.410 e. The number of ether oxygens (including phenoxy) is 1. The molecule has 3 amide bonds. The predicted molar refractivity (Wildman–Crippen MR) is 142 cm³/mol. The number of hydrogen-bond acceptors (Lipinski definition) is 5. The molecule has 5 rings (SSSR count). The average molecular weight is 524 g/mol. The summed E-state index contributed by atoms with van der Waals surface area (Å²) in [5.41, 5.74) is 0.680. The van der Waals surface area contributed by atoms with Gasteiger partial charge in [-0.25, -0.2) is 4.79 Å². The molecule has 0 bridgehead atoms. The Morgan fingerprint density at radius 3 is 2.38 bits per heavy atom. The van der Waals surface area contributed by atoms with Crippen LogP contribution in [-0.4, -0.2) is 40.5 Å². The molecule has 2 heterocycles. The van der Waals surface area contributed by atoms with E-state index in [4.69, 9.17) is 20.8 Å². The highest BCUT2D eigenvalue weighted by atomic mass is 35.5. The molecule has 37 heavy (non-hydrogen) atoms. The number of hydrogen-bond donors (Lipinski definition) is 2. The van der Waals surface area contributed by atoms with E-state index in [9.17, 15) is 14.4 Å². The molecule has 1 spiro atoms. The zero-order chi connectivity index (χ0) is 26.4. The second kappa shape index (κ2) is 9.41. The van der Waals surface area contributed by atoms with Crippen LogP contribution < -0.4 is 10.6 Å². The maximum absolute atomic E-state index is 13.3. The molecule has 1 aliphatic carbocycles. The average Bonchev–Trinajstić information content (AvgIpc) is 3.42. The third-order valence-electron chi connectivity index (χ3n) is 6.97. The van der Waals surface area contributed by atoms with Crippen molar-refractivity contribution in [3.8, 4) is 0 Å². The molecule has 2 N–H and O–H groups in total. The fourth-order valence-corrected chi connectivity index (χ4v) is 5.08. The predicted octanol–water partition coefficient (Wildman–Crippen LogP) is 6.46. The zero-order valence-electron chi connectivity index (χ0n) is 21.1. The minimum Gasteiger partial charge on any atom is -0.449 e. The van der Waals surface area contributed by atoms with Crippen LogP contribution in [0.2, 0.25) is 5.02 Å². The van der Waals surface area contributed by atoms with Crippen LogP contribution in [0.5, 0.6) is 0 Å². The lowest BCUT2D eigenvalue weighted by Gasteiger charge is -2.29. The fraction of sp³-hybridized carbons (Fsp3) is 0.393. The minimum atomic E-state index is -0.539. The lowest BCUT2D eigenvalue weighted by atomic mass is 9.81. The van der Waals surface area contributed by atoms with Crippen molar-refractivity contribution in [3.63, 3.8) is 0 Å². The zero-order valence-corrected chi connectivity index (χ0v) is 21.9. The van der Waals surface area contributed by atoms with Crippen LogP contribution in [0.15, 0.2) is 52.9 Å². The summed E-state index contributed by atoms with van der Waals surface area (Å²) in [4.78, 5) is 40.6. The number of carbonyl (C=O) groups excluding carboxylic acids is 3. The van der Waals surface area contributed by atoms with Gasteiger partial charge in [0.2, 0.25) is 11.7 Å². The summed E-state index contributed by atoms with van der Waals surface area (Å²) < 4.78 is 11.4. The van der Waals surface area contributed by atoms with Crippen molar-refractivity contribution in [2.24, 2.45) is 5.92 Å². The highest BCUT2D eigenvalue weighted by molar-refractivity contribution is 6.30. The molecule has 0 unspecified atom stereocenters. The first kappa shape index (κ1) is 25.1. The van der Waals surface area contributed by atoms with Crippen LogP contribution in [0.4, 0.5) is 16.2 Å². The first-order valence-corrected chi connectivity index (χ1v) is 12.8. The van der Waals surface area contributed by atoms with Crippen molar-refractivity contribution in [1.82, 2.24) is 4.90 Å². The molecule has 1 saturated heterocycles. The third kappa shape index (κ3) is 5.30. The van der Waals surface area contributed by atoms with Gasteiger partial charge in [0.25, 0.3) is 5.91 Å². The Labute approximate surface area is 220 Å². The minimum absolute atomic E-state index is 0.0371. The molecule has 1 saturated carbocycles. The topological polar surface area (TPSA) is 101 Å². The Morgan fingerprint density at radius 1 is 1.03 bits per heavy atom. The van der Waals surface area contributed by atoms with Crippen molar-refractivity contribution in [3.05, 3.63) is 59.3 Å². The number of carbonyl (C=O) groups is 3. The molecule has 1 aliphatic heterocycles. The van der Waals surface area contributed by atoms with Gasteiger partial charge in [-0.05, 0) is 82.9 Å². The number of para-hydroxylation sites is 1. The second-order valence-corrected chi connectivity index (χ2v) is 11.3. The van der Waals surface area contributed by atoms with Gasteiger partial charge in [-0.1, -0.05) is 23.7 Å². The number of rotatable bonds is 4. The number of anilines is 2. The number of furan rings is 1. The summed E-state index contributed by atoms with van der Waals surface area (Å²) >= 11 is 5.94. The van der Waals surface area contributed by atoms with Crippen molar-refractivity contribution >= 4 is 51.9 Å². The van der Waals surface area contributed by atoms with Gasteiger partial charge in [-0.2, -0.15) is 0 Å². The molecule has 9 heteroatoms. The molecule has 194 valence electrons. The SMILES string of the molecule is CC(C)(C)OC(=O)N1CC12CCC(C(=O)Nc1c(C(=O)Nc3ccc(Cl)cc3)oc3ccccc13)CC2. The quantitative estimate of drug-likeness (QED) is 0.382. The molecule has 1 aromatic heterocycles. The second-order valence-electron chi connectivity index (χ2n) is 10.8. The van der Waals surface area contributed by atoms with Gasteiger partial charge in [0, 0.05) is 28.6 Å². The molecular formula is C28H30ClN3O5. The number of halogens is 1. The van der Waals surface area contributed by atoms with Gasteiger partial charge in [0.1, 0.15) is 16.9 Å². The van der Waals surface area contributed by atoms with E-state index < -0.39 is 11.5 Å². The van der Waals surface area contributed by atoms with Crippen LogP contribution in [0.3, 0.4) is 0 Å². The third-order valence-corrected chi connectivity index (χ3v) is 7.23. The maximum atomic E-state index is 13.3. The summed E-state index contributed by atoms with van der Waals surface area (Å²) in [6, 6.07) is 14.0. The van der Waals surface area contributed by atoms with Gasteiger partial charge in [-0.3, -0.25) is 14.5 Å². The Morgan fingerprint density at radius 2 is 1.70 bits per heavy atom. The fourth-order valence-electron chi connectivity index (χ4n) is 4.96. The standard InChI is InChI=1S/C28H30ClN3O5/c1-27(2,3)37-26(35)32-16-28(32)14-12-17(13-15-28)24(33)31-22-20-6-4-5-7-21(20)36-23(22)25(34)30-19-10-8-18(29)9-11-19/h4-11,17H,12-16H2,1-3H3,(H,30,34)(H,31,33). The van der Waals surface area contributed by atoms with Crippen LogP contribution in [0.1, 0.15) is 57.0 Å². The van der Waals surface area contributed by atoms with E-state index in [1.807, 2.05) is 39.0 Å². The normalized spacial score (nSPS) is 21.1. The molecule has 8 nitrogen and oxygen atoms in total. The Balaban J connectivity index is 1.27. The Bertz CT molecular complexity index is 1350. The molecular weight excluding hydrogens is 494 g/mol. The summed E-state index contributed by atoms with van der Waals surface area (Å²) in [6.45, 7) is 6.22. The van der Waals surface area contributed by atoms with Crippen molar-refractivity contribution in [1.29, 1.82) is 0 Å². The maximum Gasteiger partial charge on any atom is 0.410 e. The van der Waals surface area contributed by atoms with Crippen LogP contribution in [0, 0.1) is 5.92 Å². The van der Waals surface area contributed by atoms with Crippen molar-refractivity contribution in [2.75, 3.05) is 17.2 Å². The van der Waals surface area contributed by atoms with E-state index in [1.54, 1.807) is 35.2 Å². The Hall–Kier alpha value is -3.52. The monoisotopic (exact) mass is 523 g/mol. The number of amides is 3. The van der Waals surface area contributed by atoms with E-state index >= 15 is 0 Å². The summed E-state index contributed by atoms with van der Waals surface area (Å²) in [5.74, 6) is -0.823. The first-order chi connectivity index (χ1) is 17.5. The molecule has 2 fully saturated rings. The molecule has 2 aliphatic rings. The van der Waals surface area contributed by atoms with E-state index in [0.717, 1.165) is 12.8 Å². The number of fused-ring (bicyclic) bond motifs is 1. The molecule has 0 radical (unpaired) electrons. The van der Waals surface area contributed by atoms with Crippen molar-refractivity contribution < 1.29 is 23.5 Å². The lowest BCUT2D eigenvalue weighted by Crippen LogP contribution is -2.35. The Kier molecular flexibility index (Phi) is 6.40. The lowest BCUT2D eigenvalue weighted by molar-refractivity contribution is -0.120. The van der Waals surface area contributed by atoms with E-state index in [0.29, 0.717) is 46.8 Å². The van der Waals surface area contributed by atoms with E-state index in [-0.39, 0.29) is 29.2 Å². The van der Waals surface area contributed by atoms with Gasteiger partial charge < -0.3 is 19.8 Å². The van der Waals surface area contributed by atoms with Gasteiger partial charge >= 0.3 is 6.09 Å². The number of nitrogens with zero attached hydrogens (tertiary/aromatic N) is 1. The molecule has 3 aromatic rings. The molecule has 0 atom stereocenters. The van der Waals surface area contributed by atoms with E-state index in [2.05, 4.69) is 10.6 Å². The molecule has 2 aromatic carbocycles. The van der Waals surface area contributed by atoms with Crippen LogP contribution in [0.25, 0.3) is 11.0 Å². The highest BCUT2D eigenvalue weighted by Gasteiger charge is 2.57. The first-order valence-electron chi connectivity index (χ1n) is 12.4. The van der Waals surface area contributed by atoms with Crippen molar-refractivity contribution in [2.45, 2.75) is 57.6 Å². The van der Waals surface area contributed by atoms with Gasteiger partial charge in [-0.15, -0.1) is 0 Å². The highest BCUT2D eigenvalue weighted by Crippen LogP contribution is 2.47. The summed E-state index contributed by atoms with van der Waals surface area (Å²) in [5, 5.41) is 6.98. The summed E-state index contributed by atoms with van der Waals surface area (Å²) in [6.07, 6.45) is 2.47. The number of nitrogens with one attached hydrogen (secondary N) is 2. The number of benzene rings is 2. The van der Waals surface area contributed by atoms with Gasteiger partial charge in [0.15, 0.2) is 0 Å². The van der Waals surface area contributed by atoms with Crippen LogP contribution >= 0.6 is 11.6 Å². The van der Waals surface area contributed by atoms with Gasteiger partial charge in [0.05, 0.1) is 5.54 Å². The van der Waals surface area contributed by atoms with E-state index in [1.165, 1.54) is 0 Å².